The third-order valence-corrected chi connectivity index (χ3v) is 18.5. The largest absolute Gasteiger partial charge is 0.0654 e. The maximum absolute atomic E-state index is 2.35. The smallest absolute Gasteiger partial charge is 0.0352 e. The van der Waals surface area contributed by atoms with E-state index in [1.807, 2.05) is 0 Å². The van der Waals surface area contributed by atoms with E-state index in [4.69, 9.17) is 0 Å². The Labute approximate surface area is 447 Å². The summed E-state index contributed by atoms with van der Waals surface area (Å²) >= 11 is 0. The molecule has 1 aliphatic rings. The summed E-state index contributed by atoms with van der Waals surface area (Å²) in [5, 5.41) is 0. The van der Waals surface area contributed by atoms with E-state index in [0.717, 1.165) is 29.6 Å². The van der Waals surface area contributed by atoms with Gasteiger partial charge in [0.15, 0.2) is 0 Å². The van der Waals surface area contributed by atoms with Crippen molar-refractivity contribution in [1.82, 2.24) is 0 Å². The molecule has 1 rings (SSSR count). The molecule has 0 aromatic heterocycles. The molecule has 0 bridgehead atoms. The van der Waals surface area contributed by atoms with Gasteiger partial charge in [0.1, 0.15) is 0 Å². The van der Waals surface area contributed by atoms with Crippen LogP contribution in [0.25, 0.3) is 0 Å². The molecule has 1 fully saturated rings. The molecule has 0 amide bonds. The van der Waals surface area contributed by atoms with E-state index < -0.39 is 0 Å². The monoisotopic (exact) mass is 981 g/mol. The van der Waals surface area contributed by atoms with E-state index in [1.165, 1.54) is 321 Å². The first-order chi connectivity index (χ1) is 34.7. The molecule has 0 nitrogen and oxygen atoms in total. The molecule has 0 radical (unpaired) electrons. The Morgan fingerprint density at radius 3 is 0.300 bits per heavy atom. The topological polar surface area (TPSA) is 0 Å². The molecule has 0 unspecified atom stereocenters. The second-order valence-electron chi connectivity index (χ2n) is 24.9. The van der Waals surface area contributed by atoms with Gasteiger partial charge in [-0.15, -0.1) is 0 Å². The van der Waals surface area contributed by atoms with E-state index in [1.54, 1.807) is 64.2 Å². The minimum atomic E-state index is 1.04. The molecule has 420 valence electrons. The van der Waals surface area contributed by atoms with Gasteiger partial charge in [-0.1, -0.05) is 388 Å². The van der Waals surface area contributed by atoms with Gasteiger partial charge in [0.05, 0.1) is 0 Å². The lowest BCUT2D eigenvalue weighted by Crippen LogP contribution is -2.18. The third-order valence-electron chi connectivity index (χ3n) is 18.5. The Bertz CT molecular complexity index is 750. The van der Waals surface area contributed by atoms with Crippen molar-refractivity contribution in [1.29, 1.82) is 0 Å². The fraction of sp³-hybridized carbons (Fsp3) is 1.00. The van der Waals surface area contributed by atoms with Gasteiger partial charge < -0.3 is 0 Å². The van der Waals surface area contributed by atoms with E-state index >= 15 is 0 Å². The average molecular weight is 982 g/mol. The van der Waals surface area contributed by atoms with Crippen molar-refractivity contribution in [2.45, 2.75) is 420 Å². The van der Waals surface area contributed by atoms with E-state index in [9.17, 15) is 0 Å². The van der Waals surface area contributed by atoms with Crippen molar-refractivity contribution in [3.8, 4) is 0 Å². The second-order valence-corrected chi connectivity index (χ2v) is 24.9. The highest BCUT2D eigenvalue weighted by atomic mass is 14.5. The highest BCUT2D eigenvalue weighted by Gasteiger charge is 2.47. The minimum absolute atomic E-state index is 1.04. The average Bonchev–Trinajstić information content (AvgIpc) is 3.64. The Hall–Kier alpha value is 0. The Morgan fingerprint density at radius 2 is 0.200 bits per heavy atom. The summed E-state index contributed by atoms with van der Waals surface area (Å²) in [4.78, 5) is 0. The van der Waals surface area contributed by atoms with Crippen LogP contribution in [-0.4, -0.2) is 0 Å². The van der Waals surface area contributed by atoms with Crippen molar-refractivity contribution in [2.75, 3.05) is 0 Å². The zero-order valence-corrected chi connectivity index (χ0v) is 50.3. The van der Waals surface area contributed by atoms with Crippen molar-refractivity contribution in [3.63, 3.8) is 0 Å². The highest BCUT2D eigenvalue weighted by Crippen LogP contribution is 2.55. The van der Waals surface area contributed by atoms with Crippen molar-refractivity contribution < 1.29 is 0 Å². The first kappa shape index (κ1) is 68.0. The van der Waals surface area contributed by atoms with Crippen LogP contribution in [0, 0.1) is 29.6 Å². The predicted molar refractivity (Wildman–Crippen MR) is 323 cm³/mol. The van der Waals surface area contributed by atoms with Crippen LogP contribution in [0.4, 0.5) is 0 Å². The quantitative estimate of drug-likeness (QED) is 0.0533. The van der Waals surface area contributed by atoms with E-state index in [0.29, 0.717) is 0 Å². The molecule has 1 saturated carbocycles. The standard InChI is InChI=1S/C70H140/c1-6-11-16-21-26-31-36-41-46-51-56-61-66-67(62-57-52-47-42-37-32-27-22-17-12-7-2)69(64-59-54-49-44-39-34-29-24-19-14-9-4)70(65-60-55-50-45-40-35-30-25-20-15-10-5)68(66)63-58-53-48-43-38-33-28-23-18-13-8-3/h66-70H,6-65H2,1-5H3. The van der Waals surface area contributed by atoms with Crippen LogP contribution >= 0.6 is 0 Å². The lowest BCUT2D eigenvalue weighted by Gasteiger charge is -2.28. The number of hydrogen-bond acceptors (Lipinski definition) is 0. The molecule has 0 aliphatic heterocycles. The lowest BCUT2D eigenvalue weighted by molar-refractivity contribution is 0.224. The summed E-state index contributed by atoms with van der Waals surface area (Å²) in [6.45, 7) is 11.8. The molecule has 0 saturated heterocycles. The summed E-state index contributed by atoms with van der Waals surface area (Å²) < 4.78 is 0. The molecule has 0 aromatic carbocycles. The first-order valence-electron chi connectivity index (χ1n) is 34.7. The van der Waals surface area contributed by atoms with Crippen LogP contribution in [0.2, 0.25) is 0 Å². The van der Waals surface area contributed by atoms with Crippen LogP contribution < -0.4 is 0 Å². The van der Waals surface area contributed by atoms with E-state index in [-0.39, 0.29) is 0 Å². The van der Waals surface area contributed by atoms with Crippen molar-refractivity contribution >= 4 is 0 Å². The fourth-order valence-corrected chi connectivity index (χ4v) is 13.9. The fourth-order valence-electron chi connectivity index (χ4n) is 13.9. The molecule has 0 N–H and O–H groups in total. The van der Waals surface area contributed by atoms with Gasteiger partial charge in [-0.25, -0.2) is 0 Å². The molecule has 70 heavy (non-hydrogen) atoms. The Kier molecular flexibility index (Phi) is 55.1. The minimum Gasteiger partial charge on any atom is -0.0654 e. The molecular formula is C70H140. The van der Waals surface area contributed by atoms with Gasteiger partial charge in [0.25, 0.3) is 0 Å². The molecule has 0 spiro atoms. The summed E-state index contributed by atoms with van der Waals surface area (Å²) in [5.74, 6) is 5.21. The number of hydrogen-bond donors (Lipinski definition) is 0. The van der Waals surface area contributed by atoms with Crippen LogP contribution in [0.15, 0.2) is 0 Å². The van der Waals surface area contributed by atoms with Crippen LogP contribution in [0.3, 0.4) is 0 Å². The second kappa shape index (κ2) is 56.7. The van der Waals surface area contributed by atoms with Gasteiger partial charge in [0.2, 0.25) is 0 Å². The zero-order valence-electron chi connectivity index (χ0n) is 50.3. The third kappa shape index (κ3) is 42.2. The molecule has 0 heteroatoms. The molecular weight excluding hydrogens is 841 g/mol. The van der Waals surface area contributed by atoms with Gasteiger partial charge in [0, 0.05) is 0 Å². The van der Waals surface area contributed by atoms with Gasteiger partial charge in [-0.05, 0) is 61.7 Å². The Morgan fingerprint density at radius 1 is 0.114 bits per heavy atom. The number of rotatable bonds is 60. The summed E-state index contributed by atoms with van der Waals surface area (Å²) in [5.41, 5.74) is 0. The van der Waals surface area contributed by atoms with Crippen LogP contribution in [0.5, 0.6) is 0 Å². The maximum atomic E-state index is 2.35. The first-order valence-corrected chi connectivity index (χ1v) is 34.7. The van der Waals surface area contributed by atoms with Gasteiger partial charge in [-0.2, -0.15) is 0 Å². The van der Waals surface area contributed by atoms with Gasteiger partial charge in [-0.3, -0.25) is 0 Å². The molecule has 0 atom stereocenters. The van der Waals surface area contributed by atoms with Crippen molar-refractivity contribution in [2.24, 2.45) is 29.6 Å². The summed E-state index contributed by atoms with van der Waals surface area (Å²) in [7, 11) is 0. The molecule has 0 aromatic rings. The van der Waals surface area contributed by atoms with Gasteiger partial charge >= 0.3 is 0 Å². The Balaban J connectivity index is 3.09. The zero-order chi connectivity index (χ0) is 50.3. The lowest BCUT2D eigenvalue weighted by atomic mass is 9.78. The summed E-state index contributed by atoms with van der Waals surface area (Å²) in [6.07, 6.45) is 89.7. The number of unbranched alkanes of at least 4 members (excludes halogenated alkanes) is 50. The van der Waals surface area contributed by atoms with Crippen LogP contribution in [-0.2, 0) is 0 Å². The SMILES string of the molecule is CCCCCCCCCCCCCC1C(CCCCCCCCCCCCC)C(CCCCCCCCCCCCC)C(CCCCCCCCCCCCC)C1CCCCCCCCCCCCC. The molecule has 1 aliphatic carbocycles. The maximum Gasteiger partial charge on any atom is -0.0352 e. The van der Waals surface area contributed by atoms with Crippen molar-refractivity contribution in [3.05, 3.63) is 0 Å². The predicted octanol–water partition coefficient (Wildman–Crippen LogP) is 26.6. The normalized spacial score (nSPS) is 18.2. The van der Waals surface area contributed by atoms with Crippen LogP contribution in [0.1, 0.15) is 420 Å². The highest BCUT2D eigenvalue weighted by molar-refractivity contribution is 4.97. The molecule has 0 heterocycles. The van der Waals surface area contributed by atoms with E-state index in [2.05, 4.69) is 34.6 Å². The summed E-state index contributed by atoms with van der Waals surface area (Å²) in [6, 6.07) is 0.